The number of hydrogen-bond acceptors (Lipinski definition) is 4. The summed E-state index contributed by atoms with van der Waals surface area (Å²) in [6.07, 6.45) is 0. The summed E-state index contributed by atoms with van der Waals surface area (Å²) in [5.41, 5.74) is 2.57. The Hall–Kier alpha value is -2.60. The fourth-order valence-corrected chi connectivity index (χ4v) is 3.68. The van der Waals surface area contributed by atoms with Gasteiger partial charge in [0.2, 0.25) is 0 Å². The average Bonchev–Trinajstić information content (AvgIpc) is 3.25. The quantitative estimate of drug-likeness (QED) is 0.735. The first kappa shape index (κ1) is 17.2. The molecule has 0 aliphatic rings. The molecule has 0 saturated heterocycles. The van der Waals surface area contributed by atoms with Gasteiger partial charge in [-0.3, -0.25) is 9.48 Å². The Morgan fingerprint density at radius 2 is 2.08 bits per heavy atom. The predicted octanol–water partition coefficient (Wildman–Crippen LogP) is 3.59. The molecule has 0 bridgehead atoms. The van der Waals surface area contributed by atoms with Crippen LogP contribution in [0.5, 0.6) is 5.75 Å². The Labute approximate surface area is 151 Å². The van der Waals surface area contributed by atoms with Crippen molar-refractivity contribution in [2.75, 3.05) is 13.7 Å². The summed E-state index contributed by atoms with van der Waals surface area (Å²) >= 11 is 1.66. The number of hydrogen-bond donors (Lipinski definition) is 1. The zero-order chi connectivity index (χ0) is 17.8. The minimum absolute atomic E-state index is 0.0349. The zero-order valence-electron chi connectivity index (χ0n) is 14.5. The molecule has 1 unspecified atom stereocenters. The molecule has 2 aromatic heterocycles. The van der Waals surface area contributed by atoms with Crippen LogP contribution in [0, 0.1) is 13.8 Å². The molecule has 1 atom stereocenters. The fourth-order valence-electron chi connectivity index (χ4n) is 2.87. The summed E-state index contributed by atoms with van der Waals surface area (Å²) in [6, 6.07) is 13.3. The SMILES string of the molecule is COc1ccccc1C(=O)NCC(c1cccs1)n1nc(C)cc1C. The molecular formula is C19H21N3O2S. The van der Waals surface area contributed by atoms with Crippen molar-refractivity contribution in [1.29, 1.82) is 0 Å². The van der Waals surface area contributed by atoms with Gasteiger partial charge in [-0.05, 0) is 43.5 Å². The van der Waals surface area contributed by atoms with Gasteiger partial charge in [0, 0.05) is 17.1 Å². The van der Waals surface area contributed by atoms with E-state index in [1.54, 1.807) is 30.6 Å². The number of aromatic nitrogens is 2. The Morgan fingerprint density at radius 3 is 2.72 bits per heavy atom. The summed E-state index contributed by atoms with van der Waals surface area (Å²) in [5.74, 6) is 0.416. The van der Waals surface area contributed by atoms with Crippen molar-refractivity contribution in [2.24, 2.45) is 0 Å². The summed E-state index contributed by atoms with van der Waals surface area (Å²) in [5, 5.41) is 9.66. The van der Waals surface area contributed by atoms with E-state index in [0.29, 0.717) is 17.9 Å². The normalized spacial score (nSPS) is 12.0. The van der Waals surface area contributed by atoms with Crippen LogP contribution in [-0.4, -0.2) is 29.3 Å². The van der Waals surface area contributed by atoms with Crippen LogP contribution in [0.1, 0.15) is 32.7 Å². The number of rotatable bonds is 6. The molecule has 0 saturated carbocycles. The van der Waals surface area contributed by atoms with Crippen molar-refractivity contribution in [1.82, 2.24) is 15.1 Å². The van der Waals surface area contributed by atoms with Gasteiger partial charge in [0.25, 0.3) is 5.91 Å². The van der Waals surface area contributed by atoms with Crippen LogP contribution in [0.25, 0.3) is 0 Å². The van der Waals surface area contributed by atoms with Gasteiger partial charge in [-0.2, -0.15) is 5.10 Å². The molecule has 0 spiro atoms. The molecule has 2 heterocycles. The first-order valence-electron chi connectivity index (χ1n) is 8.07. The van der Waals surface area contributed by atoms with Gasteiger partial charge in [-0.1, -0.05) is 18.2 Å². The third-order valence-electron chi connectivity index (χ3n) is 4.02. The van der Waals surface area contributed by atoms with Crippen LogP contribution in [0.15, 0.2) is 47.8 Å². The molecule has 1 amide bonds. The molecule has 0 aliphatic carbocycles. The van der Waals surface area contributed by atoms with E-state index in [1.807, 2.05) is 48.2 Å². The molecule has 0 aliphatic heterocycles. The van der Waals surface area contributed by atoms with Crippen LogP contribution >= 0.6 is 11.3 Å². The van der Waals surface area contributed by atoms with Gasteiger partial charge in [0.15, 0.2) is 0 Å². The lowest BCUT2D eigenvalue weighted by Crippen LogP contribution is -2.32. The van der Waals surface area contributed by atoms with Crippen molar-refractivity contribution in [3.05, 3.63) is 69.7 Å². The Bertz CT molecular complexity index is 855. The summed E-state index contributed by atoms with van der Waals surface area (Å²) < 4.78 is 7.25. The highest BCUT2D eigenvalue weighted by Gasteiger charge is 2.20. The number of nitrogens with one attached hydrogen (secondary N) is 1. The molecule has 1 N–H and O–H groups in total. The molecule has 1 aromatic carbocycles. The van der Waals surface area contributed by atoms with Gasteiger partial charge in [-0.15, -0.1) is 11.3 Å². The number of para-hydroxylation sites is 1. The molecule has 3 rings (SSSR count). The average molecular weight is 355 g/mol. The second-order valence-electron chi connectivity index (χ2n) is 5.81. The molecule has 130 valence electrons. The Balaban J connectivity index is 1.82. The Morgan fingerprint density at radius 1 is 1.28 bits per heavy atom. The maximum absolute atomic E-state index is 12.6. The highest BCUT2D eigenvalue weighted by atomic mass is 32.1. The zero-order valence-corrected chi connectivity index (χ0v) is 15.3. The molecule has 3 aromatic rings. The molecule has 6 heteroatoms. The monoisotopic (exact) mass is 355 g/mol. The molecule has 0 radical (unpaired) electrons. The lowest BCUT2D eigenvalue weighted by molar-refractivity contribution is 0.0946. The van der Waals surface area contributed by atoms with E-state index in [4.69, 9.17) is 4.74 Å². The number of aryl methyl sites for hydroxylation is 2. The van der Waals surface area contributed by atoms with Gasteiger partial charge in [0.1, 0.15) is 11.8 Å². The van der Waals surface area contributed by atoms with E-state index in [9.17, 15) is 4.79 Å². The number of nitrogens with zero attached hydrogens (tertiary/aromatic N) is 2. The minimum atomic E-state index is -0.152. The highest BCUT2D eigenvalue weighted by molar-refractivity contribution is 7.10. The van der Waals surface area contributed by atoms with Gasteiger partial charge >= 0.3 is 0 Å². The van der Waals surface area contributed by atoms with Crippen LogP contribution < -0.4 is 10.1 Å². The predicted molar refractivity (Wildman–Crippen MR) is 99.5 cm³/mol. The van der Waals surface area contributed by atoms with Crippen molar-refractivity contribution in [2.45, 2.75) is 19.9 Å². The Kier molecular flexibility index (Phi) is 5.19. The van der Waals surface area contributed by atoms with Crippen molar-refractivity contribution >= 4 is 17.2 Å². The maximum atomic E-state index is 12.6. The number of benzene rings is 1. The van der Waals surface area contributed by atoms with Gasteiger partial charge < -0.3 is 10.1 Å². The number of ether oxygens (including phenoxy) is 1. The summed E-state index contributed by atoms with van der Waals surface area (Å²) in [6.45, 7) is 4.46. The van der Waals surface area contributed by atoms with E-state index in [1.165, 1.54) is 0 Å². The number of amides is 1. The third-order valence-corrected chi connectivity index (χ3v) is 4.99. The third kappa shape index (κ3) is 3.74. The van der Waals surface area contributed by atoms with E-state index in [-0.39, 0.29) is 11.9 Å². The number of carbonyl (C=O) groups is 1. The van der Waals surface area contributed by atoms with Crippen LogP contribution in [0.3, 0.4) is 0 Å². The standard InChI is InChI=1S/C19H21N3O2S/c1-13-11-14(2)22(21-13)16(18-9-6-10-25-18)12-20-19(23)15-7-4-5-8-17(15)24-3/h4-11,16H,12H2,1-3H3,(H,20,23). The minimum Gasteiger partial charge on any atom is -0.496 e. The second-order valence-corrected chi connectivity index (χ2v) is 6.79. The smallest absolute Gasteiger partial charge is 0.255 e. The molecule has 0 fully saturated rings. The first-order chi connectivity index (χ1) is 12.1. The largest absolute Gasteiger partial charge is 0.496 e. The van der Waals surface area contributed by atoms with E-state index in [2.05, 4.69) is 16.5 Å². The molecular weight excluding hydrogens is 334 g/mol. The van der Waals surface area contributed by atoms with Gasteiger partial charge in [-0.25, -0.2) is 0 Å². The van der Waals surface area contributed by atoms with Crippen LogP contribution in [-0.2, 0) is 0 Å². The molecule has 5 nitrogen and oxygen atoms in total. The summed E-state index contributed by atoms with van der Waals surface area (Å²) in [4.78, 5) is 13.8. The van der Waals surface area contributed by atoms with Gasteiger partial charge in [0.05, 0.1) is 18.4 Å². The van der Waals surface area contributed by atoms with Crippen molar-refractivity contribution in [3.63, 3.8) is 0 Å². The van der Waals surface area contributed by atoms with Crippen LogP contribution in [0.4, 0.5) is 0 Å². The van der Waals surface area contributed by atoms with E-state index < -0.39 is 0 Å². The first-order valence-corrected chi connectivity index (χ1v) is 8.95. The lowest BCUT2D eigenvalue weighted by Gasteiger charge is -2.19. The van der Waals surface area contributed by atoms with Crippen molar-refractivity contribution in [3.8, 4) is 5.75 Å². The lowest BCUT2D eigenvalue weighted by atomic mass is 10.1. The van der Waals surface area contributed by atoms with Crippen molar-refractivity contribution < 1.29 is 9.53 Å². The van der Waals surface area contributed by atoms with Crippen LogP contribution in [0.2, 0.25) is 0 Å². The van der Waals surface area contributed by atoms with E-state index in [0.717, 1.165) is 16.3 Å². The number of carbonyl (C=O) groups excluding carboxylic acids is 1. The fraction of sp³-hybridized carbons (Fsp3) is 0.263. The van der Waals surface area contributed by atoms with E-state index >= 15 is 0 Å². The molecule has 25 heavy (non-hydrogen) atoms. The summed E-state index contributed by atoms with van der Waals surface area (Å²) in [7, 11) is 1.57. The second kappa shape index (κ2) is 7.53. The number of thiophene rings is 1. The highest BCUT2D eigenvalue weighted by Crippen LogP contribution is 2.24. The topological polar surface area (TPSA) is 56.1 Å². The number of methoxy groups -OCH3 is 1. The maximum Gasteiger partial charge on any atom is 0.255 e.